The third-order valence-electron chi connectivity index (χ3n) is 4.50. The van der Waals surface area contributed by atoms with Gasteiger partial charge in [-0.3, -0.25) is 4.79 Å². The van der Waals surface area contributed by atoms with E-state index in [1.165, 1.54) is 5.56 Å². The van der Waals surface area contributed by atoms with Crippen molar-refractivity contribution in [2.45, 2.75) is 52.0 Å². The molecule has 0 aromatic heterocycles. The Hall–Kier alpha value is -1.35. The van der Waals surface area contributed by atoms with Gasteiger partial charge >= 0.3 is 0 Å². The molecule has 2 unspecified atom stereocenters. The zero-order valence-corrected chi connectivity index (χ0v) is 13.6. The number of aliphatic hydroxyl groups is 1. The number of aliphatic hydroxyl groups excluding tert-OH is 1. The monoisotopic (exact) mass is 289 g/mol. The predicted molar refractivity (Wildman–Crippen MR) is 85.5 cm³/mol. The molecule has 21 heavy (non-hydrogen) atoms. The first-order valence-corrected chi connectivity index (χ1v) is 7.85. The van der Waals surface area contributed by atoms with Gasteiger partial charge in [-0.05, 0) is 48.8 Å². The summed E-state index contributed by atoms with van der Waals surface area (Å²) in [5.41, 5.74) is 2.08. The van der Waals surface area contributed by atoms with Gasteiger partial charge in [-0.2, -0.15) is 0 Å². The van der Waals surface area contributed by atoms with Gasteiger partial charge in [0.05, 0.1) is 0 Å². The van der Waals surface area contributed by atoms with Crippen molar-refractivity contribution >= 4 is 5.91 Å². The molecular formula is C18H27NO2. The number of piperidine rings is 1. The minimum atomic E-state index is 0.0844. The lowest BCUT2D eigenvalue weighted by Gasteiger charge is -2.37. The van der Waals surface area contributed by atoms with Gasteiger partial charge in [-0.15, -0.1) is 0 Å². The smallest absolute Gasteiger partial charge is 0.254 e. The quantitative estimate of drug-likeness (QED) is 0.908. The van der Waals surface area contributed by atoms with Gasteiger partial charge in [0.25, 0.3) is 5.91 Å². The van der Waals surface area contributed by atoms with Gasteiger partial charge in [-0.25, -0.2) is 0 Å². The van der Waals surface area contributed by atoms with E-state index in [1.54, 1.807) is 0 Å². The Morgan fingerprint density at radius 1 is 1.24 bits per heavy atom. The Balaban J connectivity index is 2.15. The second kappa shape index (κ2) is 6.18. The molecule has 1 aliphatic rings. The van der Waals surface area contributed by atoms with Crippen molar-refractivity contribution in [3.05, 3.63) is 35.4 Å². The number of nitrogens with zero attached hydrogens (tertiary/aromatic N) is 1. The molecule has 0 bridgehead atoms. The molecule has 1 fully saturated rings. The fourth-order valence-corrected chi connectivity index (χ4v) is 2.89. The lowest BCUT2D eigenvalue weighted by Crippen LogP contribution is -2.46. The molecule has 1 amide bonds. The van der Waals surface area contributed by atoms with Crippen LogP contribution < -0.4 is 0 Å². The van der Waals surface area contributed by atoms with Crippen LogP contribution in [0.15, 0.2) is 24.3 Å². The molecule has 0 spiro atoms. The number of amides is 1. The molecule has 1 aliphatic heterocycles. The van der Waals surface area contributed by atoms with Crippen molar-refractivity contribution in [3.63, 3.8) is 0 Å². The second-order valence-corrected chi connectivity index (χ2v) is 7.26. The summed E-state index contributed by atoms with van der Waals surface area (Å²) < 4.78 is 0. The summed E-state index contributed by atoms with van der Waals surface area (Å²) in [5, 5.41) is 9.34. The zero-order valence-electron chi connectivity index (χ0n) is 13.6. The summed E-state index contributed by atoms with van der Waals surface area (Å²) in [6, 6.07) is 8.20. The Kier molecular flexibility index (Phi) is 4.72. The van der Waals surface area contributed by atoms with Gasteiger partial charge < -0.3 is 10.0 Å². The summed E-state index contributed by atoms with van der Waals surface area (Å²) >= 11 is 0. The Bertz CT molecular complexity index is 487. The van der Waals surface area contributed by atoms with Crippen molar-refractivity contribution in [2.75, 3.05) is 13.2 Å². The molecular weight excluding hydrogens is 262 g/mol. The standard InChI is InChI=1S/C18H27NO2/c1-13-5-6-14(12-20)11-19(13)17(21)15-7-9-16(10-8-15)18(2,3)4/h7-10,13-14,20H,5-6,11-12H2,1-4H3. The minimum Gasteiger partial charge on any atom is -0.396 e. The average Bonchev–Trinajstić information content (AvgIpc) is 2.46. The summed E-state index contributed by atoms with van der Waals surface area (Å²) in [4.78, 5) is 14.6. The van der Waals surface area contributed by atoms with Crippen molar-refractivity contribution in [1.29, 1.82) is 0 Å². The highest BCUT2D eigenvalue weighted by atomic mass is 16.3. The molecule has 0 aliphatic carbocycles. The number of hydrogen-bond acceptors (Lipinski definition) is 2. The minimum absolute atomic E-state index is 0.0844. The summed E-state index contributed by atoms with van der Waals surface area (Å²) in [7, 11) is 0. The molecule has 1 aromatic carbocycles. The molecule has 0 radical (unpaired) electrons. The SMILES string of the molecule is CC1CCC(CO)CN1C(=O)c1ccc(C(C)(C)C)cc1. The van der Waals surface area contributed by atoms with Gasteiger partial charge in [0.2, 0.25) is 0 Å². The van der Waals surface area contributed by atoms with Crippen molar-refractivity contribution in [2.24, 2.45) is 5.92 Å². The Labute approximate surface area is 128 Å². The number of hydrogen-bond donors (Lipinski definition) is 1. The average molecular weight is 289 g/mol. The molecule has 2 atom stereocenters. The van der Waals surface area contributed by atoms with Gasteiger partial charge in [0.1, 0.15) is 0 Å². The van der Waals surface area contributed by atoms with Gasteiger partial charge in [0, 0.05) is 24.8 Å². The zero-order chi connectivity index (χ0) is 15.6. The maximum absolute atomic E-state index is 12.7. The predicted octanol–water partition coefficient (Wildman–Crippen LogP) is 3.22. The maximum Gasteiger partial charge on any atom is 0.254 e. The van der Waals surface area contributed by atoms with E-state index >= 15 is 0 Å². The molecule has 2 rings (SSSR count). The van der Waals surface area contributed by atoms with Crippen LogP contribution in [0.2, 0.25) is 0 Å². The molecule has 1 aromatic rings. The summed E-state index contributed by atoms with van der Waals surface area (Å²) in [6.07, 6.45) is 1.97. The van der Waals surface area contributed by atoms with Crippen LogP contribution in [-0.2, 0) is 5.41 Å². The largest absolute Gasteiger partial charge is 0.396 e. The van der Waals surface area contributed by atoms with Crippen molar-refractivity contribution < 1.29 is 9.90 Å². The molecule has 116 valence electrons. The summed E-state index contributed by atoms with van der Waals surface area (Å²) in [5.74, 6) is 0.306. The Morgan fingerprint density at radius 2 is 1.86 bits per heavy atom. The van der Waals surface area contributed by atoms with Crippen molar-refractivity contribution in [3.8, 4) is 0 Å². The third-order valence-corrected chi connectivity index (χ3v) is 4.50. The van der Waals surface area contributed by atoms with Gasteiger partial charge in [0.15, 0.2) is 0 Å². The first-order chi connectivity index (χ1) is 9.82. The van der Waals surface area contributed by atoms with Crippen molar-refractivity contribution in [1.82, 2.24) is 4.90 Å². The molecule has 0 saturated carbocycles. The van der Waals surface area contributed by atoms with Crippen LogP contribution in [0.3, 0.4) is 0 Å². The molecule has 3 heteroatoms. The topological polar surface area (TPSA) is 40.5 Å². The fourth-order valence-electron chi connectivity index (χ4n) is 2.89. The second-order valence-electron chi connectivity index (χ2n) is 7.26. The van der Waals surface area contributed by atoms with E-state index < -0.39 is 0 Å². The highest BCUT2D eigenvalue weighted by Gasteiger charge is 2.29. The number of likely N-dealkylation sites (tertiary alicyclic amines) is 1. The van der Waals surface area contributed by atoms with E-state index in [4.69, 9.17) is 0 Å². The van der Waals surface area contributed by atoms with Crippen LogP contribution in [0.4, 0.5) is 0 Å². The van der Waals surface area contributed by atoms with E-state index in [2.05, 4.69) is 27.7 Å². The lowest BCUT2D eigenvalue weighted by atomic mass is 9.86. The van der Waals surface area contributed by atoms with Crippen LogP contribution in [0, 0.1) is 5.92 Å². The molecule has 1 N–H and O–H groups in total. The molecule has 3 nitrogen and oxygen atoms in total. The first kappa shape index (κ1) is 16.0. The fraction of sp³-hybridized carbons (Fsp3) is 0.611. The number of carbonyl (C=O) groups excluding carboxylic acids is 1. The van der Waals surface area contributed by atoms with Crippen LogP contribution in [-0.4, -0.2) is 35.1 Å². The van der Waals surface area contributed by atoms with E-state index in [9.17, 15) is 9.90 Å². The van der Waals surface area contributed by atoms with Crippen LogP contribution in [0.1, 0.15) is 56.5 Å². The van der Waals surface area contributed by atoms with E-state index in [0.29, 0.717) is 6.54 Å². The van der Waals surface area contributed by atoms with Gasteiger partial charge in [-0.1, -0.05) is 32.9 Å². The normalized spacial score (nSPS) is 23.2. The van der Waals surface area contributed by atoms with Crippen LogP contribution in [0.5, 0.6) is 0 Å². The number of rotatable bonds is 2. The van der Waals surface area contributed by atoms with E-state index in [0.717, 1.165) is 18.4 Å². The maximum atomic E-state index is 12.7. The third kappa shape index (κ3) is 3.65. The Morgan fingerprint density at radius 3 is 2.38 bits per heavy atom. The van der Waals surface area contributed by atoms with Crippen LogP contribution in [0.25, 0.3) is 0 Å². The lowest BCUT2D eigenvalue weighted by molar-refractivity contribution is 0.0489. The number of benzene rings is 1. The van der Waals surface area contributed by atoms with Crippen LogP contribution >= 0.6 is 0 Å². The molecule has 1 saturated heterocycles. The van der Waals surface area contributed by atoms with E-state index in [1.807, 2.05) is 29.2 Å². The highest BCUT2D eigenvalue weighted by molar-refractivity contribution is 5.94. The number of carbonyl (C=O) groups is 1. The highest BCUT2D eigenvalue weighted by Crippen LogP contribution is 2.25. The van der Waals surface area contributed by atoms with E-state index in [-0.39, 0.29) is 29.9 Å². The summed E-state index contributed by atoms with van der Waals surface area (Å²) in [6.45, 7) is 9.43. The first-order valence-electron chi connectivity index (χ1n) is 7.85. The molecule has 1 heterocycles.